The molecule has 1 aliphatic rings. The first kappa shape index (κ1) is 20.3. The van der Waals surface area contributed by atoms with Crippen molar-refractivity contribution in [2.75, 3.05) is 5.32 Å². The number of hydrogen-bond donors (Lipinski definition) is 3. The maximum atomic E-state index is 12.8. The average Bonchev–Trinajstić information content (AvgIpc) is 3.28. The van der Waals surface area contributed by atoms with Gasteiger partial charge in [0.2, 0.25) is 0 Å². The second kappa shape index (κ2) is 8.51. The minimum absolute atomic E-state index is 0.352. The Hall–Kier alpha value is -4.59. The highest BCUT2D eigenvalue weighted by molar-refractivity contribution is 6.03. The normalized spacial score (nSPS) is 15.7. The predicted octanol–water partition coefficient (Wildman–Crippen LogP) is 5.56. The number of benzene rings is 3. The van der Waals surface area contributed by atoms with Crippen LogP contribution in [-0.2, 0) is 0 Å². The molecule has 164 valence electrons. The van der Waals surface area contributed by atoms with E-state index in [1.165, 1.54) is 0 Å². The van der Waals surface area contributed by atoms with Gasteiger partial charge in [-0.05, 0) is 61.0 Å². The van der Waals surface area contributed by atoms with E-state index in [0.717, 1.165) is 27.1 Å². The minimum atomic E-state index is -0.533. The molecule has 1 unspecified atom stereocenters. The van der Waals surface area contributed by atoms with Crippen LogP contribution in [0.15, 0.2) is 90.8 Å². The van der Waals surface area contributed by atoms with E-state index in [2.05, 4.69) is 20.8 Å². The number of aromatic nitrogens is 2. The molecule has 3 aromatic carbocycles. The van der Waals surface area contributed by atoms with Gasteiger partial charge in [0.05, 0.1) is 17.8 Å². The van der Waals surface area contributed by atoms with Crippen molar-refractivity contribution in [3.63, 3.8) is 0 Å². The summed E-state index contributed by atoms with van der Waals surface area (Å²) in [6, 6.07) is 21.0. The largest absolute Gasteiger partial charge is 0.457 e. The summed E-state index contributed by atoms with van der Waals surface area (Å²) in [6.45, 7) is 1.73. The second-order valence-electron chi connectivity index (χ2n) is 7.66. The van der Waals surface area contributed by atoms with E-state index >= 15 is 0 Å². The summed E-state index contributed by atoms with van der Waals surface area (Å²) in [6.07, 6.45) is 3.51. The Bertz CT molecular complexity index is 1350. The Kier molecular flexibility index (Phi) is 5.24. The van der Waals surface area contributed by atoms with Gasteiger partial charge >= 0.3 is 12.1 Å². The van der Waals surface area contributed by atoms with E-state index in [-0.39, 0.29) is 6.04 Å². The fraction of sp³-hybridized carbons (Fsp3) is 0.0800. The van der Waals surface area contributed by atoms with Gasteiger partial charge in [0.15, 0.2) is 0 Å². The van der Waals surface area contributed by atoms with Gasteiger partial charge in [0.25, 0.3) is 0 Å². The fourth-order valence-corrected chi connectivity index (χ4v) is 3.71. The van der Waals surface area contributed by atoms with Crippen LogP contribution in [0.25, 0.3) is 10.9 Å². The molecule has 0 spiro atoms. The number of fused-ring (bicyclic) bond motifs is 1. The summed E-state index contributed by atoms with van der Waals surface area (Å²) < 4.78 is 5.82. The Balaban J connectivity index is 1.29. The molecule has 4 amide bonds. The molecule has 1 aromatic heterocycles. The number of nitrogens with zero attached hydrogens (tertiary/aromatic N) is 2. The number of ether oxygens (including phenoxy) is 1. The number of urea groups is 2. The Labute approximate surface area is 189 Å². The highest BCUT2D eigenvalue weighted by atomic mass is 16.5. The number of amides is 4. The molecule has 33 heavy (non-hydrogen) atoms. The van der Waals surface area contributed by atoms with Gasteiger partial charge in [0, 0.05) is 16.8 Å². The number of anilines is 1. The third-order valence-corrected chi connectivity index (χ3v) is 5.36. The molecule has 5 rings (SSSR count). The number of para-hydroxylation sites is 1. The van der Waals surface area contributed by atoms with E-state index in [1.54, 1.807) is 25.3 Å². The molecular weight excluding hydrogens is 418 g/mol. The third-order valence-electron chi connectivity index (χ3n) is 5.36. The number of carbonyl (C=O) groups is 2. The number of aromatic amines is 1. The van der Waals surface area contributed by atoms with Crippen molar-refractivity contribution in [1.29, 1.82) is 0 Å². The van der Waals surface area contributed by atoms with Crippen LogP contribution in [0.5, 0.6) is 11.5 Å². The van der Waals surface area contributed by atoms with Gasteiger partial charge in [-0.25, -0.2) is 14.5 Å². The maximum Gasteiger partial charge on any atom is 0.334 e. The summed E-state index contributed by atoms with van der Waals surface area (Å²) in [5.41, 5.74) is 2.86. The molecule has 3 N–H and O–H groups in total. The molecule has 0 saturated heterocycles. The zero-order valence-electron chi connectivity index (χ0n) is 17.8. The number of rotatable bonds is 4. The highest BCUT2D eigenvalue weighted by Gasteiger charge is 2.30. The summed E-state index contributed by atoms with van der Waals surface area (Å²) >= 11 is 0. The minimum Gasteiger partial charge on any atom is -0.457 e. The molecule has 0 radical (unpaired) electrons. The zero-order valence-corrected chi connectivity index (χ0v) is 17.8. The van der Waals surface area contributed by atoms with Gasteiger partial charge in [0.1, 0.15) is 11.5 Å². The topological polar surface area (TPSA) is 99.4 Å². The molecule has 1 aliphatic heterocycles. The van der Waals surface area contributed by atoms with Crippen molar-refractivity contribution >= 4 is 28.7 Å². The van der Waals surface area contributed by atoms with Crippen molar-refractivity contribution in [2.24, 2.45) is 0 Å². The SMILES string of the molecule is CC1=CC(c2ccc(Oc3ccccc3)cc2)NC(=O)N1C(=O)Nc1ccc2[nH]ncc2c1. The Morgan fingerprint density at radius 1 is 1.03 bits per heavy atom. The maximum absolute atomic E-state index is 12.8. The first-order chi connectivity index (χ1) is 16.1. The van der Waals surface area contributed by atoms with E-state index < -0.39 is 12.1 Å². The lowest BCUT2D eigenvalue weighted by molar-refractivity contribution is 0.199. The predicted molar refractivity (Wildman–Crippen MR) is 125 cm³/mol. The van der Waals surface area contributed by atoms with E-state index in [4.69, 9.17) is 4.74 Å². The van der Waals surface area contributed by atoms with Crippen molar-refractivity contribution < 1.29 is 14.3 Å². The molecule has 0 aliphatic carbocycles. The van der Waals surface area contributed by atoms with Gasteiger partial charge in [-0.3, -0.25) is 5.10 Å². The standard InChI is InChI=1S/C25H21N5O3/c1-16-13-23(17-7-10-21(11-8-17)33-20-5-3-2-4-6-20)28-25(32)30(16)24(31)27-19-9-12-22-18(14-19)15-26-29-22/h2-15,23H,1H3,(H,26,29)(H,27,31)(H,28,32). The fourth-order valence-electron chi connectivity index (χ4n) is 3.71. The second-order valence-corrected chi connectivity index (χ2v) is 7.66. The summed E-state index contributed by atoms with van der Waals surface area (Å²) in [5, 5.41) is 13.3. The van der Waals surface area contributed by atoms with Crippen LogP contribution in [0.3, 0.4) is 0 Å². The Morgan fingerprint density at radius 3 is 2.55 bits per heavy atom. The van der Waals surface area contributed by atoms with Gasteiger partial charge < -0.3 is 15.4 Å². The van der Waals surface area contributed by atoms with Crippen molar-refractivity contribution in [3.05, 3.63) is 96.3 Å². The smallest absolute Gasteiger partial charge is 0.334 e. The summed E-state index contributed by atoms with van der Waals surface area (Å²) in [4.78, 5) is 26.7. The van der Waals surface area contributed by atoms with Crippen LogP contribution in [0.4, 0.5) is 15.3 Å². The van der Waals surface area contributed by atoms with E-state index in [1.807, 2.05) is 66.7 Å². The summed E-state index contributed by atoms with van der Waals surface area (Å²) in [7, 11) is 0. The molecule has 0 bridgehead atoms. The van der Waals surface area contributed by atoms with Gasteiger partial charge in [-0.2, -0.15) is 5.10 Å². The molecule has 8 heteroatoms. The Morgan fingerprint density at radius 2 is 1.79 bits per heavy atom. The number of H-pyrrole nitrogens is 1. The molecule has 1 atom stereocenters. The van der Waals surface area contributed by atoms with Crippen LogP contribution >= 0.6 is 0 Å². The lowest BCUT2D eigenvalue weighted by Crippen LogP contribution is -2.48. The summed E-state index contributed by atoms with van der Waals surface area (Å²) in [5.74, 6) is 1.45. The van der Waals surface area contributed by atoms with Crippen LogP contribution in [-0.4, -0.2) is 27.2 Å². The van der Waals surface area contributed by atoms with Crippen molar-refractivity contribution in [2.45, 2.75) is 13.0 Å². The van der Waals surface area contributed by atoms with Crippen LogP contribution < -0.4 is 15.4 Å². The molecule has 0 fully saturated rings. The van der Waals surface area contributed by atoms with Crippen molar-refractivity contribution in [3.8, 4) is 11.5 Å². The number of allylic oxidation sites excluding steroid dienone is 1. The van der Waals surface area contributed by atoms with Crippen LogP contribution in [0.2, 0.25) is 0 Å². The van der Waals surface area contributed by atoms with Gasteiger partial charge in [-0.15, -0.1) is 0 Å². The third kappa shape index (κ3) is 4.27. The van der Waals surface area contributed by atoms with Crippen molar-refractivity contribution in [1.82, 2.24) is 20.4 Å². The van der Waals surface area contributed by atoms with Gasteiger partial charge in [-0.1, -0.05) is 30.3 Å². The van der Waals surface area contributed by atoms with E-state index in [0.29, 0.717) is 17.1 Å². The quantitative estimate of drug-likeness (QED) is 0.388. The van der Waals surface area contributed by atoms with Crippen LogP contribution in [0.1, 0.15) is 18.5 Å². The molecule has 0 saturated carbocycles. The molecule has 4 aromatic rings. The zero-order chi connectivity index (χ0) is 22.8. The number of hydrogen-bond acceptors (Lipinski definition) is 4. The molecule has 2 heterocycles. The lowest BCUT2D eigenvalue weighted by Gasteiger charge is -2.30. The van der Waals surface area contributed by atoms with E-state index in [9.17, 15) is 9.59 Å². The number of carbonyl (C=O) groups excluding carboxylic acids is 2. The first-order valence-corrected chi connectivity index (χ1v) is 10.4. The monoisotopic (exact) mass is 439 g/mol. The highest BCUT2D eigenvalue weighted by Crippen LogP contribution is 2.27. The number of nitrogens with one attached hydrogen (secondary N) is 3. The molecular formula is C25H21N5O3. The molecule has 8 nitrogen and oxygen atoms in total. The first-order valence-electron chi connectivity index (χ1n) is 10.4. The lowest BCUT2D eigenvalue weighted by atomic mass is 10.0. The van der Waals surface area contributed by atoms with Crippen LogP contribution in [0, 0.1) is 0 Å². The number of imide groups is 1. The average molecular weight is 439 g/mol.